The molecule has 20 heavy (non-hydrogen) atoms. The van der Waals surface area contributed by atoms with E-state index < -0.39 is 0 Å². The highest BCUT2D eigenvalue weighted by Gasteiger charge is 2.25. The Kier molecular flexibility index (Phi) is 3.16. The third-order valence-corrected chi connectivity index (χ3v) is 3.64. The van der Waals surface area contributed by atoms with Gasteiger partial charge in [-0.3, -0.25) is 4.79 Å². The van der Waals surface area contributed by atoms with Gasteiger partial charge in [0.2, 0.25) is 0 Å². The van der Waals surface area contributed by atoms with Crippen molar-refractivity contribution in [3.63, 3.8) is 0 Å². The van der Waals surface area contributed by atoms with E-state index in [1.807, 2.05) is 36.4 Å². The molecule has 4 heteroatoms. The van der Waals surface area contributed by atoms with Gasteiger partial charge in [0.15, 0.2) is 0 Å². The lowest BCUT2D eigenvalue weighted by atomic mass is 10.0. The summed E-state index contributed by atoms with van der Waals surface area (Å²) >= 11 is 0. The summed E-state index contributed by atoms with van der Waals surface area (Å²) in [6, 6.07) is 16.1. The van der Waals surface area contributed by atoms with E-state index in [-0.39, 0.29) is 5.91 Å². The molecular formula is C16H17N3O. The predicted molar refractivity (Wildman–Crippen MR) is 79.1 cm³/mol. The number of carbonyl (C=O) groups excluding carboxylic acids is 1. The summed E-state index contributed by atoms with van der Waals surface area (Å²) < 4.78 is 0. The lowest BCUT2D eigenvalue weighted by molar-refractivity contribution is -0.129. The van der Waals surface area contributed by atoms with E-state index in [4.69, 9.17) is 5.84 Å². The fourth-order valence-electron chi connectivity index (χ4n) is 2.63. The molecule has 0 saturated heterocycles. The van der Waals surface area contributed by atoms with E-state index in [9.17, 15) is 4.79 Å². The molecule has 2 aromatic carbocycles. The Hall–Kier alpha value is -2.33. The first-order chi connectivity index (χ1) is 9.68. The van der Waals surface area contributed by atoms with Gasteiger partial charge in [-0.25, -0.2) is 10.9 Å². The zero-order valence-corrected chi connectivity index (χ0v) is 11.4. The van der Waals surface area contributed by atoms with Crippen molar-refractivity contribution < 1.29 is 4.79 Å². The van der Waals surface area contributed by atoms with Crippen LogP contribution in [0.4, 0.5) is 11.4 Å². The first kappa shape index (κ1) is 12.7. The number of nitrogens with two attached hydrogens (primary N) is 1. The fourth-order valence-corrected chi connectivity index (χ4v) is 2.63. The number of anilines is 2. The number of carbonyl (C=O) groups is 1. The van der Waals surface area contributed by atoms with Crippen molar-refractivity contribution in [2.75, 3.05) is 5.01 Å². The van der Waals surface area contributed by atoms with Gasteiger partial charge in [0.05, 0.1) is 11.4 Å². The van der Waals surface area contributed by atoms with Gasteiger partial charge in [-0.2, -0.15) is 5.12 Å². The van der Waals surface area contributed by atoms with Gasteiger partial charge in [-0.1, -0.05) is 36.4 Å². The minimum absolute atomic E-state index is 0.198. The third-order valence-electron chi connectivity index (χ3n) is 3.64. The van der Waals surface area contributed by atoms with E-state index in [0.717, 1.165) is 24.2 Å². The summed E-state index contributed by atoms with van der Waals surface area (Å²) in [6.45, 7) is 1.47. The molecule has 2 aromatic rings. The minimum atomic E-state index is -0.198. The van der Waals surface area contributed by atoms with Gasteiger partial charge in [-0.15, -0.1) is 0 Å². The van der Waals surface area contributed by atoms with Crippen LogP contribution >= 0.6 is 0 Å². The average molecular weight is 267 g/mol. The van der Waals surface area contributed by atoms with E-state index in [2.05, 4.69) is 12.1 Å². The second kappa shape index (κ2) is 4.98. The highest BCUT2D eigenvalue weighted by atomic mass is 16.2. The summed E-state index contributed by atoms with van der Waals surface area (Å²) in [6.07, 6.45) is 1.88. The monoisotopic (exact) mass is 267 g/mol. The number of hydrazine groups is 2. The van der Waals surface area contributed by atoms with E-state index >= 15 is 0 Å². The largest absolute Gasteiger partial charge is 0.272 e. The molecule has 2 N–H and O–H groups in total. The zero-order chi connectivity index (χ0) is 14.1. The zero-order valence-electron chi connectivity index (χ0n) is 11.4. The van der Waals surface area contributed by atoms with Crippen LogP contribution in [0.5, 0.6) is 0 Å². The van der Waals surface area contributed by atoms with Crippen molar-refractivity contribution in [2.24, 2.45) is 5.84 Å². The Morgan fingerprint density at radius 3 is 1.90 bits per heavy atom. The number of benzene rings is 2. The number of fused-ring (bicyclic) bond motifs is 2. The number of hydrogen-bond acceptors (Lipinski definition) is 3. The van der Waals surface area contributed by atoms with Crippen LogP contribution in [0.15, 0.2) is 48.5 Å². The Morgan fingerprint density at radius 2 is 1.45 bits per heavy atom. The van der Waals surface area contributed by atoms with Crippen molar-refractivity contribution in [3.8, 4) is 0 Å². The van der Waals surface area contributed by atoms with E-state index in [1.54, 1.807) is 5.01 Å². The van der Waals surface area contributed by atoms with Gasteiger partial charge in [-0.05, 0) is 36.1 Å². The molecule has 4 nitrogen and oxygen atoms in total. The average Bonchev–Trinajstić information content (AvgIpc) is 2.63. The molecule has 102 valence electrons. The highest BCUT2D eigenvalue weighted by Crippen LogP contribution is 2.36. The van der Waals surface area contributed by atoms with Crippen LogP contribution in [0.25, 0.3) is 0 Å². The Balaban J connectivity index is 2.21. The van der Waals surface area contributed by atoms with Crippen molar-refractivity contribution in [3.05, 3.63) is 59.7 Å². The van der Waals surface area contributed by atoms with Crippen LogP contribution in [0.3, 0.4) is 0 Å². The molecule has 0 unspecified atom stereocenters. The molecule has 1 aliphatic heterocycles. The first-order valence-corrected chi connectivity index (χ1v) is 6.69. The van der Waals surface area contributed by atoms with E-state index in [1.165, 1.54) is 23.2 Å². The summed E-state index contributed by atoms with van der Waals surface area (Å²) in [5, 5.41) is 2.99. The van der Waals surface area contributed by atoms with E-state index in [0.29, 0.717) is 0 Å². The summed E-state index contributed by atoms with van der Waals surface area (Å²) in [4.78, 5) is 11.7. The number of aryl methyl sites for hydroxylation is 2. The van der Waals surface area contributed by atoms with Gasteiger partial charge in [0, 0.05) is 6.92 Å². The van der Waals surface area contributed by atoms with Crippen LogP contribution in [0.1, 0.15) is 18.1 Å². The van der Waals surface area contributed by atoms with Crippen LogP contribution < -0.4 is 10.9 Å². The van der Waals surface area contributed by atoms with Crippen molar-refractivity contribution in [2.45, 2.75) is 19.8 Å². The molecular weight excluding hydrogens is 250 g/mol. The number of para-hydroxylation sites is 2. The molecule has 0 spiro atoms. The third kappa shape index (κ3) is 2.04. The van der Waals surface area contributed by atoms with Gasteiger partial charge < -0.3 is 0 Å². The molecule has 1 aliphatic rings. The van der Waals surface area contributed by atoms with Crippen LogP contribution in [0, 0.1) is 0 Å². The molecule has 0 bridgehead atoms. The lowest BCUT2D eigenvalue weighted by Crippen LogP contribution is -2.48. The molecule has 0 aliphatic carbocycles. The van der Waals surface area contributed by atoms with Crippen LogP contribution in [-0.4, -0.2) is 11.0 Å². The molecule has 0 radical (unpaired) electrons. The maximum absolute atomic E-state index is 11.7. The second-order valence-electron chi connectivity index (χ2n) is 4.93. The molecule has 0 atom stereocenters. The maximum atomic E-state index is 11.7. The number of amides is 1. The molecule has 0 fully saturated rings. The predicted octanol–water partition coefficient (Wildman–Crippen LogP) is 2.56. The van der Waals surface area contributed by atoms with Crippen LogP contribution in [-0.2, 0) is 17.6 Å². The molecule has 1 amide bonds. The van der Waals surface area contributed by atoms with Crippen molar-refractivity contribution in [1.82, 2.24) is 5.12 Å². The van der Waals surface area contributed by atoms with Crippen molar-refractivity contribution >= 4 is 17.3 Å². The molecule has 1 heterocycles. The van der Waals surface area contributed by atoms with Gasteiger partial charge in [0.25, 0.3) is 5.91 Å². The van der Waals surface area contributed by atoms with Crippen molar-refractivity contribution in [1.29, 1.82) is 0 Å². The SMILES string of the molecule is CC(=O)N(N)N1c2ccccc2CCc2ccccc21. The normalized spacial score (nSPS) is 13.2. The maximum Gasteiger partial charge on any atom is 0.253 e. The second-order valence-corrected chi connectivity index (χ2v) is 4.93. The fraction of sp³-hybridized carbons (Fsp3) is 0.188. The van der Waals surface area contributed by atoms with Gasteiger partial charge in [0.1, 0.15) is 0 Å². The number of hydrogen-bond donors (Lipinski definition) is 1. The Labute approximate surface area is 118 Å². The minimum Gasteiger partial charge on any atom is -0.272 e. The Morgan fingerprint density at radius 1 is 1.00 bits per heavy atom. The molecule has 0 aromatic heterocycles. The number of rotatable bonds is 1. The quantitative estimate of drug-likeness (QED) is 0.491. The summed E-state index contributed by atoms with van der Waals surface area (Å²) in [5.74, 6) is 5.80. The van der Waals surface area contributed by atoms with Crippen LogP contribution in [0.2, 0.25) is 0 Å². The van der Waals surface area contributed by atoms with Gasteiger partial charge >= 0.3 is 0 Å². The number of nitrogens with zero attached hydrogens (tertiary/aromatic N) is 2. The molecule has 0 saturated carbocycles. The first-order valence-electron chi connectivity index (χ1n) is 6.69. The highest BCUT2D eigenvalue weighted by molar-refractivity contribution is 5.80. The standard InChI is InChI=1S/C16H17N3O/c1-12(20)19(17)18-15-8-4-2-6-13(15)10-11-14-7-3-5-9-16(14)18/h2-9H,10-11,17H2,1H3. The topological polar surface area (TPSA) is 49.6 Å². The smallest absolute Gasteiger partial charge is 0.253 e. The lowest BCUT2D eigenvalue weighted by Gasteiger charge is -2.33. The Bertz CT molecular complexity index is 606. The summed E-state index contributed by atoms with van der Waals surface area (Å²) in [5.41, 5.74) is 4.33. The summed E-state index contributed by atoms with van der Waals surface area (Å²) in [7, 11) is 0. The molecule has 3 rings (SSSR count).